The summed E-state index contributed by atoms with van der Waals surface area (Å²) in [4.78, 5) is 37.7. The van der Waals surface area contributed by atoms with Gasteiger partial charge in [0.05, 0.1) is 0 Å². The molecule has 0 aliphatic carbocycles. The zero-order valence-corrected chi connectivity index (χ0v) is 16.9. The maximum Gasteiger partial charge on any atom is 0.318 e. The van der Waals surface area contributed by atoms with E-state index in [2.05, 4.69) is 25.5 Å². The molecule has 8 nitrogen and oxygen atoms in total. The van der Waals surface area contributed by atoms with Gasteiger partial charge in [0.15, 0.2) is 0 Å². The third kappa shape index (κ3) is 5.66. The van der Waals surface area contributed by atoms with Crippen LogP contribution < -0.4 is 15.5 Å². The molecular formula is C21H28N6O2. The molecule has 2 N–H and O–H groups in total. The number of amides is 3. The van der Waals surface area contributed by atoms with Gasteiger partial charge in [-0.15, -0.1) is 0 Å². The quantitative estimate of drug-likeness (QED) is 0.775. The number of hydrogen-bond acceptors (Lipinski definition) is 5. The topological polar surface area (TPSA) is 90.5 Å². The lowest BCUT2D eigenvalue weighted by Crippen LogP contribution is -2.57. The molecule has 1 aliphatic rings. The Morgan fingerprint density at radius 1 is 1.00 bits per heavy atom. The van der Waals surface area contributed by atoms with E-state index in [1.807, 2.05) is 44.2 Å². The molecule has 154 valence electrons. The van der Waals surface area contributed by atoms with Gasteiger partial charge in [0, 0.05) is 45.1 Å². The highest BCUT2D eigenvalue weighted by atomic mass is 16.2. The molecular weight excluding hydrogens is 368 g/mol. The molecule has 1 saturated heterocycles. The van der Waals surface area contributed by atoms with Crippen LogP contribution in [-0.4, -0.2) is 59.0 Å². The van der Waals surface area contributed by atoms with Crippen LogP contribution in [0.3, 0.4) is 0 Å². The van der Waals surface area contributed by atoms with Gasteiger partial charge in [-0.05, 0) is 17.5 Å². The number of urea groups is 1. The molecule has 2 aromatic rings. The molecule has 2 heterocycles. The van der Waals surface area contributed by atoms with Gasteiger partial charge in [-0.3, -0.25) is 4.79 Å². The van der Waals surface area contributed by atoms with E-state index >= 15 is 0 Å². The van der Waals surface area contributed by atoms with Crippen LogP contribution in [0.5, 0.6) is 0 Å². The monoisotopic (exact) mass is 396 g/mol. The van der Waals surface area contributed by atoms with E-state index in [0.29, 0.717) is 38.7 Å². The summed E-state index contributed by atoms with van der Waals surface area (Å²) in [6, 6.07) is 10.7. The van der Waals surface area contributed by atoms with E-state index in [-0.39, 0.29) is 17.9 Å². The van der Waals surface area contributed by atoms with Crippen LogP contribution in [-0.2, 0) is 11.3 Å². The van der Waals surface area contributed by atoms with E-state index in [1.54, 1.807) is 23.4 Å². The van der Waals surface area contributed by atoms with Gasteiger partial charge >= 0.3 is 6.03 Å². The normalized spacial score (nSPS) is 15.1. The van der Waals surface area contributed by atoms with Crippen molar-refractivity contribution in [3.63, 3.8) is 0 Å². The standard InChI is InChI=1S/C21H28N6O2/c1-16(2)18(19(28)24-15-17-7-4-3-5-8-17)25-21(29)27-13-11-26(12-14-27)20-22-9-6-10-23-20/h3-10,16,18H,11-15H2,1-2H3,(H,24,28)(H,25,29)/t18-/m1/s1. The number of anilines is 1. The second-order valence-corrected chi connectivity index (χ2v) is 7.40. The molecule has 8 heteroatoms. The number of benzene rings is 1. The lowest BCUT2D eigenvalue weighted by atomic mass is 10.0. The van der Waals surface area contributed by atoms with Crippen molar-refractivity contribution in [1.29, 1.82) is 0 Å². The second-order valence-electron chi connectivity index (χ2n) is 7.40. The Kier molecular flexibility index (Phi) is 6.99. The van der Waals surface area contributed by atoms with Crippen LogP contribution in [0.4, 0.5) is 10.7 Å². The number of hydrogen-bond donors (Lipinski definition) is 2. The van der Waals surface area contributed by atoms with Crippen LogP contribution in [0.1, 0.15) is 19.4 Å². The van der Waals surface area contributed by atoms with Crippen LogP contribution in [0.15, 0.2) is 48.8 Å². The van der Waals surface area contributed by atoms with E-state index in [0.717, 1.165) is 5.56 Å². The maximum absolute atomic E-state index is 12.7. The Bertz CT molecular complexity index is 791. The number of carbonyl (C=O) groups is 2. The lowest BCUT2D eigenvalue weighted by molar-refractivity contribution is -0.124. The Hall–Kier alpha value is -3.16. The number of nitrogens with zero attached hydrogens (tertiary/aromatic N) is 4. The van der Waals surface area contributed by atoms with E-state index in [1.165, 1.54) is 0 Å². The largest absolute Gasteiger partial charge is 0.350 e. The van der Waals surface area contributed by atoms with Crippen molar-refractivity contribution in [2.24, 2.45) is 5.92 Å². The van der Waals surface area contributed by atoms with Crippen molar-refractivity contribution in [2.75, 3.05) is 31.1 Å². The highest BCUT2D eigenvalue weighted by Gasteiger charge is 2.28. The lowest BCUT2D eigenvalue weighted by Gasteiger charge is -2.35. The molecule has 1 aliphatic heterocycles. The number of piperazine rings is 1. The van der Waals surface area contributed by atoms with Gasteiger partial charge in [0.25, 0.3) is 0 Å². The molecule has 0 saturated carbocycles. The summed E-state index contributed by atoms with van der Waals surface area (Å²) >= 11 is 0. The number of nitrogens with one attached hydrogen (secondary N) is 2. The van der Waals surface area contributed by atoms with Crippen LogP contribution in [0.25, 0.3) is 0 Å². The highest BCUT2D eigenvalue weighted by Crippen LogP contribution is 2.11. The Morgan fingerprint density at radius 2 is 1.66 bits per heavy atom. The number of aromatic nitrogens is 2. The van der Waals surface area contributed by atoms with Crippen molar-refractivity contribution in [1.82, 2.24) is 25.5 Å². The molecule has 0 radical (unpaired) electrons. The fraction of sp³-hybridized carbons (Fsp3) is 0.429. The summed E-state index contributed by atoms with van der Waals surface area (Å²) in [7, 11) is 0. The van der Waals surface area contributed by atoms with Crippen molar-refractivity contribution < 1.29 is 9.59 Å². The molecule has 0 unspecified atom stereocenters. The van der Waals surface area contributed by atoms with Crippen molar-refractivity contribution in [3.8, 4) is 0 Å². The summed E-state index contributed by atoms with van der Waals surface area (Å²) in [5.41, 5.74) is 1.02. The summed E-state index contributed by atoms with van der Waals surface area (Å²) in [6.45, 7) is 6.72. The molecule has 29 heavy (non-hydrogen) atoms. The molecule has 0 spiro atoms. The molecule has 1 aromatic carbocycles. The second kappa shape index (κ2) is 9.86. The molecule has 3 amide bonds. The fourth-order valence-corrected chi connectivity index (χ4v) is 3.22. The van der Waals surface area contributed by atoms with Gasteiger partial charge in [0.1, 0.15) is 6.04 Å². The van der Waals surface area contributed by atoms with Crippen LogP contribution >= 0.6 is 0 Å². The molecule has 1 fully saturated rings. The zero-order chi connectivity index (χ0) is 20.6. The molecule has 3 rings (SSSR count). The predicted molar refractivity (Wildman–Crippen MR) is 111 cm³/mol. The van der Waals surface area contributed by atoms with Crippen molar-refractivity contribution in [2.45, 2.75) is 26.4 Å². The first-order chi connectivity index (χ1) is 14.0. The minimum absolute atomic E-state index is 0.0197. The summed E-state index contributed by atoms with van der Waals surface area (Å²) in [5, 5.41) is 5.82. The third-order valence-corrected chi connectivity index (χ3v) is 4.94. The van der Waals surface area contributed by atoms with E-state index in [9.17, 15) is 9.59 Å². The highest BCUT2D eigenvalue weighted by molar-refractivity contribution is 5.87. The average Bonchev–Trinajstić information content (AvgIpc) is 2.77. The van der Waals surface area contributed by atoms with Gasteiger partial charge in [-0.25, -0.2) is 14.8 Å². The number of rotatable bonds is 6. The Labute approximate surface area is 171 Å². The molecule has 1 atom stereocenters. The average molecular weight is 396 g/mol. The molecule has 0 bridgehead atoms. The number of carbonyl (C=O) groups excluding carboxylic acids is 2. The van der Waals surface area contributed by atoms with E-state index in [4.69, 9.17) is 0 Å². The van der Waals surface area contributed by atoms with Gasteiger partial charge in [-0.1, -0.05) is 44.2 Å². The first-order valence-electron chi connectivity index (χ1n) is 9.93. The smallest absolute Gasteiger partial charge is 0.318 e. The Balaban J connectivity index is 1.51. The summed E-state index contributed by atoms with van der Waals surface area (Å²) in [6.07, 6.45) is 3.42. The Morgan fingerprint density at radius 3 is 2.28 bits per heavy atom. The predicted octanol–water partition coefficient (Wildman–Crippen LogP) is 1.65. The zero-order valence-electron chi connectivity index (χ0n) is 16.9. The fourth-order valence-electron chi connectivity index (χ4n) is 3.22. The van der Waals surface area contributed by atoms with Gasteiger partial charge in [0.2, 0.25) is 11.9 Å². The first-order valence-corrected chi connectivity index (χ1v) is 9.93. The van der Waals surface area contributed by atoms with Gasteiger partial charge < -0.3 is 20.4 Å². The van der Waals surface area contributed by atoms with E-state index < -0.39 is 6.04 Å². The molecule has 1 aromatic heterocycles. The third-order valence-electron chi connectivity index (χ3n) is 4.94. The van der Waals surface area contributed by atoms with Crippen LogP contribution in [0, 0.1) is 5.92 Å². The summed E-state index contributed by atoms with van der Waals surface area (Å²) in [5.74, 6) is 0.482. The minimum atomic E-state index is -0.582. The van der Waals surface area contributed by atoms with Gasteiger partial charge in [-0.2, -0.15) is 0 Å². The first kappa shape index (κ1) is 20.6. The maximum atomic E-state index is 12.7. The SMILES string of the molecule is CC(C)[C@@H](NC(=O)N1CCN(c2ncccn2)CC1)C(=O)NCc1ccccc1. The van der Waals surface area contributed by atoms with Crippen molar-refractivity contribution >= 4 is 17.9 Å². The van der Waals surface area contributed by atoms with Crippen LogP contribution in [0.2, 0.25) is 0 Å². The van der Waals surface area contributed by atoms with Crippen molar-refractivity contribution in [3.05, 3.63) is 54.4 Å². The minimum Gasteiger partial charge on any atom is -0.350 e. The summed E-state index contributed by atoms with van der Waals surface area (Å²) < 4.78 is 0.